The van der Waals surface area contributed by atoms with Gasteiger partial charge in [0.2, 0.25) is 0 Å². The molecule has 3 fully saturated rings. The Morgan fingerprint density at radius 1 is 0.282 bits per heavy atom. The van der Waals surface area contributed by atoms with E-state index in [4.69, 9.17) is 66.3 Å². The second-order valence-corrected chi connectivity index (χ2v) is 24.2. The molecule has 9 aromatic carbocycles. The molecule has 530 valence electrons. The number of carbonyl (C=O) groups excluding carboxylic acids is 6. The highest BCUT2D eigenvalue weighted by atomic mass is 16.8. The van der Waals surface area contributed by atoms with Crippen LogP contribution in [0.4, 0.5) is 0 Å². The fourth-order valence-electron chi connectivity index (χ4n) is 12.0. The average Bonchev–Trinajstić information content (AvgIpc) is 0.865. The summed E-state index contributed by atoms with van der Waals surface area (Å²) in [5.41, 5.74) is 2.45. The molecule has 0 bridgehead atoms. The highest BCUT2D eigenvalue weighted by Crippen LogP contribution is 2.38. The lowest BCUT2D eigenvalue weighted by molar-refractivity contribution is -0.363. The molecule has 0 spiro atoms. The third-order valence-electron chi connectivity index (χ3n) is 17.2. The molecule has 3 heterocycles. The van der Waals surface area contributed by atoms with Crippen molar-refractivity contribution >= 4 is 35.8 Å². The number of hydrogen-bond acceptors (Lipinski definition) is 22. The Bertz CT molecular complexity index is 4150. The second kappa shape index (κ2) is 35.8. The summed E-state index contributed by atoms with van der Waals surface area (Å²) in [5, 5.41) is 23.7. The molecule has 3 aliphatic heterocycles. The van der Waals surface area contributed by atoms with Crippen LogP contribution in [0.3, 0.4) is 0 Å². The molecule has 9 aromatic rings. The number of hydrogen-bond donors (Lipinski definition) is 2. The SMILES string of the molecule is O=C(OC[C@H]1O[C@@H](OC[C@H]2O[C@H](O)[C@@H](OCc3ccccc3)[C@@H](OCc3ccccc3)[C@@H]2OCc2ccccc2)[C@H](OC(=O)c2ccccc2)[C@@H](OC(=O)c2ccccc2)[C@@H]1O[C@@H]1O[C@H](CO)[C@H](OC(=O)c2ccccc2)[C@H](OC(=O)c2ccccc2)[C@H]1OC(=O)c1ccccc1)c1ccccc1. The molecule has 0 amide bonds. The van der Waals surface area contributed by atoms with Crippen molar-refractivity contribution in [2.45, 2.75) is 112 Å². The summed E-state index contributed by atoms with van der Waals surface area (Å²) in [4.78, 5) is 87.9. The van der Waals surface area contributed by atoms with E-state index in [1.165, 1.54) is 72.8 Å². The molecule has 3 aliphatic rings. The number of carbonyl (C=O) groups is 6. The van der Waals surface area contributed by atoms with E-state index < -0.39 is 148 Å². The van der Waals surface area contributed by atoms with E-state index in [1.54, 1.807) is 109 Å². The number of benzene rings is 9. The van der Waals surface area contributed by atoms with Crippen molar-refractivity contribution in [3.63, 3.8) is 0 Å². The highest BCUT2D eigenvalue weighted by molar-refractivity contribution is 5.92. The molecule has 15 atom stereocenters. The van der Waals surface area contributed by atoms with Crippen LogP contribution < -0.4 is 0 Å². The van der Waals surface area contributed by atoms with Crippen LogP contribution >= 0.6 is 0 Å². The molecule has 0 unspecified atom stereocenters. The van der Waals surface area contributed by atoms with Gasteiger partial charge in [-0.1, -0.05) is 200 Å². The molecule has 12 rings (SSSR count). The summed E-state index contributed by atoms with van der Waals surface area (Å²) in [6.45, 7) is -2.31. The third kappa shape index (κ3) is 18.9. The lowest BCUT2D eigenvalue weighted by atomic mass is 9.95. The zero-order valence-electron chi connectivity index (χ0n) is 55.4. The van der Waals surface area contributed by atoms with Crippen LogP contribution in [-0.2, 0) is 86.1 Å². The Morgan fingerprint density at radius 3 is 0.971 bits per heavy atom. The topological polar surface area (TPSA) is 272 Å². The van der Waals surface area contributed by atoms with Crippen molar-refractivity contribution in [2.75, 3.05) is 19.8 Å². The lowest BCUT2D eigenvalue weighted by Gasteiger charge is -2.49. The molecule has 0 saturated carbocycles. The fourth-order valence-corrected chi connectivity index (χ4v) is 12.0. The van der Waals surface area contributed by atoms with Gasteiger partial charge in [0.15, 0.2) is 49.4 Å². The molecular formula is C81H74O22. The van der Waals surface area contributed by atoms with Crippen LogP contribution in [0.25, 0.3) is 0 Å². The van der Waals surface area contributed by atoms with Crippen LogP contribution in [0.5, 0.6) is 0 Å². The first-order valence-corrected chi connectivity index (χ1v) is 33.5. The van der Waals surface area contributed by atoms with Crippen LogP contribution in [-0.4, -0.2) is 158 Å². The van der Waals surface area contributed by atoms with Crippen molar-refractivity contribution in [3.8, 4) is 0 Å². The highest BCUT2D eigenvalue weighted by Gasteiger charge is 2.59. The predicted octanol–water partition coefficient (Wildman–Crippen LogP) is 10.3. The first-order valence-electron chi connectivity index (χ1n) is 33.5. The first-order chi connectivity index (χ1) is 50.4. The van der Waals surface area contributed by atoms with Crippen LogP contribution in [0.1, 0.15) is 78.8 Å². The monoisotopic (exact) mass is 1400 g/mol. The van der Waals surface area contributed by atoms with Crippen molar-refractivity contribution in [1.29, 1.82) is 0 Å². The zero-order valence-corrected chi connectivity index (χ0v) is 55.4. The molecule has 103 heavy (non-hydrogen) atoms. The quantitative estimate of drug-likeness (QED) is 0.0341. The molecular weight excluding hydrogens is 1320 g/mol. The van der Waals surface area contributed by atoms with Crippen LogP contribution in [0, 0.1) is 0 Å². The van der Waals surface area contributed by atoms with Gasteiger partial charge in [-0.2, -0.15) is 0 Å². The van der Waals surface area contributed by atoms with E-state index in [2.05, 4.69) is 0 Å². The Labute approximate surface area is 593 Å². The summed E-state index contributed by atoms with van der Waals surface area (Å²) < 4.78 is 92.1. The van der Waals surface area contributed by atoms with Gasteiger partial charge in [-0.15, -0.1) is 0 Å². The Balaban J connectivity index is 0.972. The number of aliphatic hydroxyl groups excluding tert-OH is 2. The smallest absolute Gasteiger partial charge is 0.338 e. The van der Waals surface area contributed by atoms with E-state index in [0.29, 0.717) is 0 Å². The van der Waals surface area contributed by atoms with Crippen LogP contribution in [0.15, 0.2) is 273 Å². The van der Waals surface area contributed by atoms with Gasteiger partial charge in [0.1, 0.15) is 49.3 Å². The number of ether oxygens (including phenoxy) is 14. The van der Waals surface area contributed by atoms with Gasteiger partial charge in [-0.25, -0.2) is 28.8 Å². The van der Waals surface area contributed by atoms with Crippen molar-refractivity contribution in [2.24, 2.45) is 0 Å². The Kier molecular flexibility index (Phi) is 25.1. The summed E-state index contributed by atoms with van der Waals surface area (Å²) >= 11 is 0. The minimum Gasteiger partial charge on any atom is -0.459 e. The molecule has 0 aliphatic carbocycles. The van der Waals surface area contributed by atoms with Gasteiger partial charge >= 0.3 is 35.8 Å². The summed E-state index contributed by atoms with van der Waals surface area (Å²) in [6.07, 6.45) is -25.5. The summed E-state index contributed by atoms with van der Waals surface area (Å²) in [6, 6.07) is 74.6. The maximum atomic E-state index is 15.1. The van der Waals surface area contributed by atoms with Gasteiger partial charge in [0.25, 0.3) is 0 Å². The van der Waals surface area contributed by atoms with E-state index >= 15 is 4.79 Å². The molecule has 22 nitrogen and oxygen atoms in total. The first kappa shape index (κ1) is 72.2. The van der Waals surface area contributed by atoms with E-state index in [-0.39, 0.29) is 53.2 Å². The lowest BCUT2D eigenvalue weighted by Crippen LogP contribution is -2.67. The normalized spacial score (nSPS) is 24.5. The van der Waals surface area contributed by atoms with E-state index in [0.717, 1.165) is 16.7 Å². The van der Waals surface area contributed by atoms with Crippen LogP contribution in [0.2, 0.25) is 0 Å². The standard InChI is InChI=1S/C81H74O22/c82-46-61-65(98-74(84)56-36-18-5-19-37-56)68(99-75(85)57-38-20-6-21-39-57)72(102-78(88)60-44-26-9-27-45-60)81(96-61)103-66-63(50-93-73(83)55-34-16-4-17-35-55)97-80(71(101-77(87)59-42-24-8-25-43-59)69(66)100-76(86)58-40-22-7-23-41-58)94-51-62-64(90-47-52-28-10-1-11-29-52)67(91-48-53-30-12-2-13-31-53)70(79(89)95-62)92-49-54-32-14-3-15-33-54/h1-45,61-72,79-82,89H,46-51H2/t61-,62-,63-,64-,65+,66-,67+,68+,69+,70+,71-,72-,79+,80-,81+/m1/s1. The van der Waals surface area contributed by atoms with Gasteiger partial charge in [0.05, 0.1) is 66.4 Å². The maximum absolute atomic E-state index is 15.1. The van der Waals surface area contributed by atoms with Crippen molar-refractivity contribution in [1.82, 2.24) is 0 Å². The summed E-state index contributed by atoms with van der Waals surface area (Å²) in [7, 11) is 0. The molecule has 0 aromatic heterocycles. The van der Waals surface area contributed by atoms with Gasteiger partial charge in [-0.3, -0.25) is 0 Å². The van der Waals surface area contributed by atoms with Gasteiger partial charge in [-0.05, 0) is 89.5 Å². The number of esters is 6. The van der Waals surface area contributed by atoms with Gasteiger partial charge in [0, 0.05) is 0 Å². The molecule has 3 saturated heterocycles. The van der Waals surface area contributed by atoms with E-state index in [9.17, 15) is 34.2 Å². The zero-order chi connectivity index (χ0) is 71.3. The van der Waals surface area contributed by atoms with Crippen molar-refractivity contribution < 1.29 is 105 Å². The average molecular weight is 1400 g/mol. The van der Waals surface area contributed by atoms with E-state index in [1.807, 2.05) is 91.0 Å². The number of rotatable bonds is 28. The fraction of sp³-hybridized carbons (Fsp3) is 0.259. The predicted molar refractivity (Wildman–Crippen MR) is 366 cm³/mol. The largest absolute Gasteiger partial charge is 0.459 e. The van der Waals surface area contributed by atoms with Crippen molar-refractivity contribution in [3.05, 3.63) is 323 Å². The molecule has 2 N–H and O–H groups in total. The Morgan fingerprint density at radius 2 is 0.583 bits per heavy atom. The van der Waals surface area contributed by atoms with Gasteiger partial charge < -0.3 is 76.5 Å². The molecule has 22 heteroatoms. The second-order valence-electron chi connectivity index (χ2n) is 24.2. The molecule has 0 radical (unpaired) electrons. The minimum atomic E-state index is -2.10. The summed E-state index contributed by atoms with van der Waals surface area (Å²) in [5.74, 6) is -5.91. The minimum absolute atomic E-state index is 0.00455. The third-order valence-corrected chi connectivity index (χ3v) is 17.2. The maximum Gasteiger partial charge on any atom is 0.338 e. The Hall–Kier alpha value is -10.6. The number of aliphatic hydroxyl groups is 2.